The average Bonchev–Trinajstić information content (AvgIpc) is 2.39. The summed E-state index contributed by atoms with van der Waals surface area (Å²) in [6.07, 6.45) is 0.824. The molecule has 2 heteroatoms. The number of aryl methyl sites for hydroxylation is 1. The second-order valence-electron chi connectivity index (χ2n) is 4.31. The van der Waals surface area contributed by atoms with Gasteiger partial charge in [-0.3, -0.25) is 0 Å². The lowest BCUT2D eigenvalue weighted by Crippen LogP contribution is -2.08. The number of hydrogen-bond donors (Lipinski definition) is 0. The summed E-state index contributed by atoms with van der Waals surface area (Å²) in [6, 6.07) is 18.3. The summed E-state index contributed by atoms with van der Waals surface area (Å²) in [5.41, 5.74) is 2.37. The van der Waals surface area contributed by atoms with Gasteiger partial charge in [-0.25, -0.2) is 0 Å². The SMILES string of the molecule is Cc1cccc(OC(CCCl)c2ccccc2)c1. The number of halogens is 1. The predicted molar refractivity (Wildman–Crippen MR) is 76.3 cm³/mol. The summed E-state index contributed by atoms with van der Waals surface area (Å²) in [6.45, 7) is 2.06. The first-order valence-corrected chi connectivity index (χ1v) is 6.67. The Labute approximate surface area is 113 Å². The molecule has 0 heterocycles. The minimum absolute atomic E-state index is 0.0190. The molecule has 0 aromatic heterocycles. The fourth-order valence-electron chi connectivity index (χ4n) is 1.91. The van der Waals surface area contributed by atoms with Gasteiger partial charge in [-0.15, -0.1) is 11.6 Å². The Morgan fingerprint density at radius 3 is 2.50 bits per heavy atom. The quantitative estimate of drug-likeness (QED) is 0.706. The number of benzene rings is 2. The Balaban J connectivity index is 2.16. The van der Waals surface area contributed by atoms with E-state index in [1.807, 2.05) is 36.4 Å². The molecule has 2 rings (SSSR count). The van der Waals surface area contributed by atoms with Crippen LogP contribution in [0.1, 0.15) is 23.7 Å². The monoisotopic (exact) mass is 260 g/mol. The molecule has 0 aliphatic carbocycles. The third-order valence-electron chi connectivity index (χ3n) is 2.81. The molecule has 0 aliphatic rings. The topological polar surface area (TPSA) is 9.23 Å². The van der Waals surface area contributed by atoms with E-state index in [9.17, 15) is 0 Å². The van der Waals surface area contributed by atoms with Gasteiger partial charge in [-0.05, 0) is 30.2 Å². The van der Waals surface area contributed by atoms with Crippen LogP contribution in [0.25, 0.3) is 0 Å². The fraction of sp³-hybridized carbons (Fsp3) is 0.250. The largest absolute Gasteiger partial charge is 0.486 e. The van der Waals surface area contributed by atoms with Gasteiger partial charge in [-0.1, -0.05) is 42.5 Å². The average molecular weight is 261 g/mol. The van der Waals surface area contributed by atoms with E-state index in [4.69, 9.17) is 16.3 Å². The number of alkyl halides is 1. The maximum Gasteiger partial charge on any atom is 0.125 e. The highest BCUT2D eigenvalue weighted by Gasteiger charge is 2.12. The first-order valence-electron chi connectivity index (χ1n) is 6.14. The first kappa shape index (κ1) is 13.0. The van der Waals surface area contributed by atoms with Crippen LogP contribution in [0.5, 0.6) is 5.75 Å². The third-order valence-corrected chi connectivity index (χ3v) is 3.03. The molecule has 0 amide bonds. The molecule has 94 valence electrons. The molecular weight excluding hydrogens is 244 g/mol. The lowest BCUT2D eigenvalue weighted by atomic mass is 10.1. The van der Waals surface area contributed by atoms with Gasteiger partial charge >= 0.3 is 0 Å². The molecular formula is C16H17ClO. The van der Waals surface area contributed by atoms with Crippen molar-refractivity contribution in [2.75, 3.05) is 5.88 Å². The molecule has 0 N–H and O–H groups in total. The highest BCUT2D eigenvalue weighted by molar-refractivity contribution is 6.17. The zero-order valence-corrected chi connectivity index (χ0v) is 11.2. The van der Waals surface area contributed by atoms with Crippen LogP contribution in [0, 0.1) is 6.92 Å². The van der Waals surface area contributed by atoms with Crippen molar-refractivity contribution in [1.82, 2.24) is 0 Å². The maximum atomic E-state index is 6.04. The normalized spacial score (nSPS) is 12.1. The highest BCUT2D eigenvalue weighted by atomic mass is 35.5. The summed E-state index contributed by atoms with van der Waals surface area (Å²) >= 11 is 5.86. The van der Waals surface area contributed by atoms with E-state index in [2.05, 4.69) is 25.1 Å². The standard InChI is InChI=1S/C16H17ClO/c1-13-6-5-9-15(12-13)18-16(10-11-17)14-7-3-2-4-8-14/h2-9,12,16H,10-11H2,1H3. The van der Waals surface area contributed by atoms with Crippen LogP contribution in [-0.2, 0) is 0 Å². The van der Waals surface area contributed by atoms with Crippen LogP contribution in [-0.4, -0.2) is 5.88 Å². The van der Waals surface area contributed by atoms with Crippen molar-refractivity contribution in [3.63, 3.8) is 0 Å². The fourth-order valence-corrected chi connectivity index (χ4v) is 2.11. The molecule has 0 fully saturated rings. The van der Waals surface area contributed by atoms with Gasteiger partial charge in [0.1, 0.15) is 11.9 Å². The van der Waals surface area contributed by atoms with E-state index in [-0.39, 0.29) is 6.10 Å². The van der Waals surface area contributed by atoms with Crippen molar-refractivity contribution in [3.8, 4) is 5.75 Å². The lowest BCUT2D eigenvalue weighted by Gasteiger charge is -2.19. The summed E-state index contributed by atoms with van der Waals surface area (Å²) in [5.74, 6) is 1.49. The molecule has 1 unspecified atom stereocenters. The summed E-state index contributed by atoms with van der Waals surface area (Å²) < 4.78 is 6.04. The maximum absolute atomic E-state index is 6.04. The van der Waals surface area contributed by atoms with Gasteiger partial charge in [0, 0.05) is 12.3 Å². The van der Waals surface area contributed by atoms with E-state index in [1.165, 1.54) is 11.1 Å². The van der Waals surface area contributed by atoms with Gasteiger partial charge in [0.15, 0.2) is 0 Å². The van der Waals surface area contributed by atoms with E-state index >= 15 is 0 Å². The van der Waals surface area contributed by atoms with Crippen molar-refractivity contribution in [3.05, 3.63) is 65.7 Å². The molecule has 0 spiro atoms. The van der Waals surface area contributed by atoms with E-state index in [1.54, 1.807) is 0 Å². The number of rotatable bonds is 5. The minimum atomic E-state index is 0.0190. The molecule has 1 nitrogen and oxygen atoms in total. The molecule has 0 saturated heterocycles. The zero-order valence-electron chi connectivity index (χ0n) is 10.5. The van der Waals surface area contributed by atoms with Crippen LogP contribution in [0.2, 0.25) is 0 Å². The zero-order chi connectivity index (χ0) is 12.8. The Morgan fingerprint density at radius 2 is 1.83 bits per heavy atom. The minimum Gasteiger partial charge on any atom is -0.486 e. The van der Waals surface area contributed by atoms with Gasteiger partial charge in [0.05, 0.1) is 0 Å². The van der Waals surface area contributed by atoms with E-state index in [0.717, 1.165) is 12.2 Å². The summed E-state index contributed by atoms with van der Waals surface area (Å²) in [5, 5.41) is 0. The molecule has 2 aromatic carbocycles. The summed E-state index contributed by atoms with van der Waals surface area (Å²) in [7, 11) is 0. The first-order chi connectivity index (χ1) is 8.79. The van der Waals surface area contributed by atoms with Crippen LogP contribution >= 0.6 is 11.6 Å². The molecule has 0 bridgehead atoms. The van der Waals surface area contributed by atoms with Crippen molar-refractivity contribution in [2.24, 2.45) is 0 Å². The molecule has 0 radical (unpaired) electrons. The Morgan fingerprint density at radius 1 is 1.06 bits per heavy atom. The number of ether oxygens (including phenoxy) is 1. The van der Waals surface area contributed by atoms with Crippen LogP contribution in [0.4, 0.5) is 0 Å². The Kier molecular flexibility index (Phi) is 4.66. The van der Waals surface area contributed by atoms with Crippen LogP contribution < -0.4 is 4.74 Å². The second kappa shape index (κ2) is 6.46. The molecule has 18 heavy (non-hydrogen) atoms. The van der Waals surface area contributed by atoms with Crippen molar-refractivity contribution >= 4 is 11.6 Å². The van der Waals surface area contributed by atoms with Crippen LogP contribution in [0.15, 0.2) is 54.6 Å². The van der Waals surface area contributed by atoms with Crippen LogP contribution in [0.3, 0.4) is 0 Å². The highest BCUT2D eigenvalue weighted by Crippen LogP contribution is 2.25. The van der Waals surface area contributed by atoms with Gasteiger partial charge < -0.3 is 4.74 Å². The molecule has 0 aliphatic heterocycles. The van der Waals surface area contributed by atoms with Crippen molar-refractivity contribution < 1.29 is 4.74 Å². The smallest absolute Gasteiger partial charge is 0.125 e. The predicted octanol–water partition coefficient (Wildman–Crippen LogP) is 4.74. The van der Waals surface area contributed by atoms with E-state index < -0.39 is 0 Å². The van der Waals surface area contributed by atoms with Gasteiger partial charge in [0.2, 0.25) is 0 Å². The van der Waals surface area contributed by atoms with Crippen molar-refractivity contribution in [1.29, 1.82) is 0 Å². The summed E-state index contributed by atoms with van der Waals surface area (Å²) in [4.78, 5) is 0. The molecule has 2 aromatic rings. The molecule has 1 atom stereocenters. The Bertz CT molecular complexity index is 481. The molecule has 0 saturated carbocycles. The van der Waals surface area contributed by atoms with E-state index in [0.29, 0.717) is 5.88 Å². The lowest BCUT2D eigenvalue weighted by molar-refractivity contribution is 0.202. The van der Waals surface area contributed by atoms with Gasteiger partial charge in [-0.2, -0.15) is 0 Å². The third kappa shape index (κ3) is 3.51. The van der Waals surface area contributed by atoms with Gasteiger partial charge in [0.25, 0.3) is 0 Å². The second-order valence-corrected chi connectivity index (χ2v) is 4.69. The van der Waals surface area contributed by atoms with Crippen molar-refractivity contribution in [2.45, 2.75) is 19.4 Å². The number of hydrogen-bond acceptors (Lipinski definition) is 1. The Hall–Kier alpha value is -1.47.